The molecule has 0 saturated heterocycles. The number of rotatable bonds is 1. The van der Waals surface area contributed by atoms with Gasteiger partial charge in [0, 0.05) is 0 Å². The average Bonchev–Trinajstić information content (AvgIpc) is 1.85. The van der Waals surface area contributed by atoms with E-state index in [4.69, 9.17) is 7.85 Å². The van der Waals surface area contributed by atoms with E-state index in [0.29, 0.717) is 0 Å². The van der Waals surface area contributed by atoms with Gasteiger partial charge in [-0.15, -0.1) is 0 Å². The van der Waals surface area contributed by atoms with Crippen molar-refractivity contribution in [1.29, 1.82) is 0 Å². The molecule has 2 radical (unpaired) electrons. The Balaban J connectivity index is 3.33. The predicted octanol–water partition coefficient (Wildman–Crippen LogP) is -1.87. The molecule has 50 valence electrons. The third-order valence-corrected chi connectivity index (χ3v) is 0.908. The van der Waals surface area contributed by atoms with Crippen LogP contribution < -0.4 is 11.4 Å². The molecule has 0 aliphatic carbocycles. The zero-order valence-electron chi connectivity index (χ0n) is 5.05. The van der Waals surface area contributed by atoms with Gasteiger partial charge in [-0.2, -0.15) is 4.98 Å². The zero-order chi connectivity index (χ0) is 7.56. The van der Waals surface area contributed by atoms with Gasteiger partial charge in [0.1, 0.15) is 5.82 Å². The van der Waals surface area contributed by atoms with Crippen LogP contribution in [0.3, 0.4) is 0 Å². The molecule has 1 heterocycles. The Morgan fingerprint density at radius 3 is 2.60 bits per heavy atom. The van der Waals surface area contributed by atoms with Crippen LogP contribution in [0.2, 0.25) is 0 Å². The van der Waals surface area contributed by atoms with Crippen LogP contribution in [0.15, 0.2) is 9.59 Å². The minimum Gasteiger partial charge on any atom is -0.296 e. The molecule has 0 atom stereocenters. The van der Waals surface area contributed by atoms with Crippen LogP contribution in [0.4, 0.5) is 0 Å². The molecule has 10 heavy (non-hydrogen) atoms. The van der Waals surface area contributed by atoms with Crippen LogP contribution in [0, 0.1) is 0 Å². The van der Waals surface area contributed by atoms with Crippen molar-refractivity contribution < 1.29 is 0 Å². The molecule has 0 unspecified atom stereocenters. The van der Waals surface area contributed by atoms with Crippen molar-refractivity contribution in [3.05, 3.63) is 26.8 Å². The number of hydrogen-bond donors (Lipinski definition) is 2. The first-order valence-corrected chi connectivity index (χ1v) is 2.62. The fraction of sp³-hybridized carbons (Fsp3) is 0.250. The molecule has 0 aromatic carbocycles. The highest BCUT2D eigenvalue weighted by atomic mass is 16.2. The van der Waals surface area contributed by atoms with Crippen LogP contribution in [0.25, 0.3) is 0 Å². The lowest BCUT2D eigenvalue weighted by Crippen LogP contribution is -2.26. The molecule has 2 N–H and O–H groups in total. The van der Waals surface area contributed by atoms with Crippen LogP contribution in [0.5, 0.6) is 0 Å². The van der Waals surface area contributed by atoms with E-state index in [0.717, 1.165) is 0 Å². The summed E-state index contributed by atoms with van der Waals surface area (Å²) in [5.74, 6) is 0.189. The standard InChI is InChI=1S/C4H4BN3O2/c5-1-2-6-3(9)8-4(10)7-2/h1H2,(H2,6,7,8,9,10). The first-order chi connectivity index (χ1) is 4.72. The molecule has 5 nitrogen and oxygen atoms in total. The van der Waals surface area contributed by atoms with Gasteiger partial charge in [0.2, 0.25) is 0 Å². The minimum absolute atomic E-state index is 0.0547. The summed E-state index contributed by atoms with van der Waals surface area (Å²) < 4.78 is 0. The third kappa shape index (κ3) is 1.34. The number of aromatic nitrogens is 3. The van der Waals surface area contributed by atoms with Crippen molar-refractivity contribution >= 4 is 7.85 Å². The molecule has 0 bridgehead atoms. The largest absolute Gasteiger partial charge is 0.350 e. The Hall–Kier alpha value is -1.33. The third-order valence-electron chi connectivity index (χ3n) is 0.908. The molecule has 1 aromatic rings. The highest BCUT2D eigenvalue weighted by Crippen LogP contribution is 1.73. The number of H-pyrrole nitrogens is 2. The molecule has 6 heteroatoms. The summed E-state index contributed by atoms with van der Waals surface area (Å²) in [5, 5.41) is 0. The van der Waals surface area contributed by atoms with E-state index in [9.17, 15) is 9.59 Å². The summed E-state index contributed by atoms with van der Waals surface area (Å²) in [6.45, 7) is 0. The first kappa shape index (κ1) is 6.79. The lowest BCUT2D eigenvalue weighted by molar-refractivity contribution is 0.873. The maximum atomic E-state index is 10.5. The Morgan fingerprint density at radius 2 is 2.10 bits per heavy atom. The van der Waals surface area contributed by atoms with E-state index in [1.165, 1.54) is 0 Å². The molecule has 1 aromatic heterocycles. The topological polar surface area (TPSA) is 78.6 Å². The quantitative estimate of drug-likeness (QED) is 0.445. The number of nitrogens with one attached hydrogen (secondary N) is 2. The van der Waals surface area contributed by atoms with Gasteiger partial charge < -0.3 is 0 Å². The maximum Gasteiger partial charge on any atom is 0.350 e. The second-order valence-electron chi connectivity index (χ2n) is 1.65. The van der Waals surface area contributed by atoms with Crippen LogP contribution in [0.1, 0.15) is 5.82 Å². The summed E-state index contributed by atoms with van der Waals surface area (Å²) in [4.78, 5) is 28.4. The van der Waals surface area contributed by atoms with Gasteiger partial charge in [-0.05, 0) is 6.32 Å². The van der Waals surface area contributed by atoms with Crippen LogP contribution >= 0.6 is 0 Å². The zero-order valence-corrected chi connectivity index (χ0v) is 5.05. The maximum absolute atomic E-state index is 10.5. The Morgan fingerprint density at radius 1 is 1.40 bits per heavy atom. The van der Waals surface area contributed by atoms with E-state index in [1.54, 1.807) is 0 Å². The lowest BCUT2D eigenvalue weighted by Gasteiger charge is -1.89. The summed E-state index contributed by atoms with van der Waals surface area (Å²) in [7, 11) is 5.10. The first-order valence-electron chi connectivity index (χ1n) is 2.62. The Bertz CT molecular complexity index is 300. The molecule has 0 amide bonds. The second-order valence-corrected chi connectivity index (χ2v) is 1.65. The van der Waals surface area contributed by atoms with Gasteiger partial charge in [0.15, 0.2) is 0 Å². The van der Waals surface area contributed by atoms with Crippen molar-refractivity contribution in [3.63, 3.8) is 0 Å². The van der Waals surface area contributed by atoms with E-state index >= 15 is 0 Å². The van der Waals surface area contributed by atoms with E-state index < -0.39 is 11.4 Å². The van der Waals surface area contributed by atoms with Gasteiger partial charge in [0.25, 0.3) is 0 Å². The molecular formula is C4H4BN3O2. The smallest absolute Gasteiger partial charge is 0.296 e. The fourth-order valence-electron chi connectivity index (χ4n) is 0.535. The van der Waals surface area contributed by atoms with Gasteiger partial charge in [-0.1, -0.05) is 0 Å². The fourth-order valence-corrected chi connectivity index (χ4v) is 0.535. The lowest BCUT2D eigenvalue weighted by atomic mass is 10.1. The summed E-state index contributed by atoms with van der Waals surface area (Å²) in [6, 6.07) is 0. The molecule has 0 saturated carbocycles. The molecule has 0 aliphatic rings. The Kier molecular flexibility index (Phi) is 1.70. The van der Waals surface area contributed by atoms with Gasteiger partial charge >= 0.3 is 11.4 Å². The highest BCUT2D eigenvalue weighted by Gasteiger charge is 1.92. The predicted molar refractivity (Wildman–Crippen MR) is 34.9 cm³/mol. The van der Waals surface area contributed by atoms with Gasteiger partial charge in [-0.25, -0.2) is 9.59 Å². The molecule has 0 aliphatic heterocycles. The highest BCUT2D eigenvalue weighted by molar-refractivity contribution is 6.07. The van der Waals surface area contributed by atoms with Gasteiger partial charge in [-0.3, -0.25) is 9.97 Å². The van der Waals surface area contributed by atoms with E-state index in [-0.39, 0.29) is 12.1 Å². The summed E-state index contributed by atoms with van der Waals surface area (Å²) in [5.41, 5.74) is -1.26. The van der Waals surface area contributed by atoms with Crippen molar-refractivity contribution in [1.82, 2.24) is 15.0 Å². The average molecular weight is 137 g/mol. The second kappa shape index (κ2) is 2.51. The molecule has 0 spiro atoms. The van der Waals surface area contributed by atoms with Crippen molar-refractivity contribution in [2.75, 3.05) is 0 Å². The SMILES string of the molecule is [B]Cc1nc(=O)[nH]c(=O)[nH]1. The summed E-state index contributed by atoms with van der Waals surface area (Å²) >= 11 is 0. The number of aromatic amines is 2. The number of hydrogen-bond acceptors (Lipinski definition) is 3. The van der Waals surface area contributed by atoms with Crippen LogP contribution in [-0.4, -0.2) is 22.8 Å². The number of nitrogens with zero attached hydrogens (tertiary/aromatic N) is 1. The Labute approximate surface area is 56.9 Å². The van der Waals surface area contributed by atoms with Crippen LogP contribution in [-0.2, 0) is 6.32 Å². The monoisotopic (exact) mass is 137 g/mol. The summed E-state index contributed by atoms with van der Waals surface area (Å²) in [6.07, 6.45) is 0.0547. The molecule has 1 rings (SSSR count). The molecular weight excluding hydrogens is 133 g/mol. The minimum atomic E-state index is -0.677. The molecule has 0 fully saturated rings. The van der Waals surface area contributed by atoms with Crippen molar-refractivity contribution in [2.24, 2.45) is 0 Å². The van der Waals surface area contributed by atoms with Crippen molar-refractivity contribution in [3.8, 4) is 0 Å². The van der Waals surface area contributed by atoms with Crippen molar-refractivity contribution in [2.45, 2.75) is 6.32 Å². The normalized spacial score (nSPS) is 9.60. The van der Waals surface area contributed by atoms with E-state index in [2.05, 4.69) is 9.97 Å². The van der Waals surface area contributed by atoms with Gasteiger partial charge in [0.05, 0.1) is 7.85 Å². The van der Waals surface area contributed by atoms with E-state index in [1.807, 2.05) is 4.98 Å².